The molecule has 2 nitrogen and oxygen atoms in total. The number of methoxy groups -OCH3 is 1. The normalized spacial score (nSPS) is 21.4. The van der Waals surface area contributed by atoms with Crippen molar-refractivity contribution in [2.45, 2.75) is 38.3 Å². The van der Waals surface area contributed by atoms with Gasteiger partial charge in [0.05, 0.1) is 11.6 Å². The fourth-order valence-electron chi connectivity index (χ4n) is 1.74. The lowest BCUT2D eigenvalue weighted by Gasteiger charge is -2.39. The van der Waals surface area contributed by atoms with Crippen LogP contribution in [0.4, 0.5) is 0 Å². The molecule has 0 bridgehead atoms. The van der Waals surface area contributed by atoms with Crippen LogP contribution >= 0.6 is 0 Å². The van der Waals surface area contributed by atoms with E-state index in [-0.39, 0.29) is 5.54 Å². The molecule has 0 aromatic heterocycles. The monoisotopic (exact) mass is 181 g/mol. The summed E-state index contributed by atoms with van der Waals surface area (Å²) >= 11 is 0. The van der Waals surface area contributed by atoms with Gasteiger partial charge in [-0.15, -0.1) is 6.42 Å². The summed E-state index contributed by atoms with van der Waals surface area (Å²) < 4.78 is 5.31. The number of ether oxygens (including phenoxy) is 1. The number of likely N-dealkylation sites (tertiary alicyclic amines) is 1. The first-order valence-corrected chi connectivity index (χ1v) is 4.86. The van der Waals surface area contributed by atoms with Gasteiger partial charge < -0.3 is 4.74 Å². The lowest BCUT2D eigenvalue weighted by molar-refractivity contribution is 0.0205. The van der Waals surface area contributed by atoms with Gasteiger partial charge in [0.2, 0.25) is 0 Å². The second kappa shape index (κ2) is 4.13. The van der Waals surface area contributed by atoms with Crippen molar-refractivity contribution >= 4 is 0 Å². The summed E-state index contributed by atoms with van der Waals surface area (Å²) in [6.07, 6.45) is 8.11. The molecule has 0 spiro atoms. The second-order valence-electron chi connectivity index (χ2n) is 4.13. The van der Waals surface area contributed by atoms with E-state index < -0.39 is 0 Å². The Morgan fingerprint density at radius 1 is 1.38 bits per heavy atom. The number of hydrogen-bond donors (Lipinski definition) is 0. The number of piperidine rings is 1. The third-order valence-corrected chi connectivity index (χ3v) is 2.92. The minimum absolute atomic E-state index is 0.0985. The average molecular weight is 181 g/mol. The Kier molecular flexibility index (Phi) is 3.35. The van der Waals surface area contributed by atoms with E-state index in [4.69, 9.17) is 11.2 Å². The Labute approximate surface area is 81.3 Å². The standard InChI is InChI=1S/C11H19NO/c1-5-11(2,3)12-8-6-10(13-4)7-9-12/h1,10H,6-9H2,2-4H3. The van der Waals surface area contributed by atoms with E-state index in [0.717, 1.165) is 25.9 Å². The average Bonchev–Trinajstić information content (AvgIpc) is 2.18. The summed E-state index contributed by atoms with van der Waals surface area (Å²) in [6.45, 7) is 6.30. The zero-order chi connectivity index (χ0) is 9.90. The van der Waals surface area contributed by atoms with E-state index >= 15 is 0 Å². The van der Waals surface area contributed by atoms with Gasteiger partial charge in [-0.05, 0) is 26.7 Å². The number of hydrogen-bond acceptors (Lipinski definition) is 2. The lowest BCUT2D eigenvalue weighted by atomic mass is 9.98. The fraction of sp³-hybridized carbons (Fsp3) is 0.818. The molecule has 13 heavy (non-hydrogen) atoms. The molecular formula is C11H19NO. The zero-order valence-corrected chi connectivity index (χ0v) is 8.84. The van der Waals surface area contributed by atoms with Gasteiger partial charge in [-0.25, -0.2) is 0 Å². The van der Waals surface area contributed by atoms with Crippen LogP contribution in [0, 0.1) is 12.3 Å². The van der Waals surface area contributed by atoms with E-state index in [1.165, 1.54) is 0 Å². The highest BCUT2D eigenvalue weighted by Crippen LogP contribution is 2.20. The van der Waals surface area contributed by atoms with Gasteiger partial charge in [0.15, 0.2) is 0 Å². The smallest absolute Gasteiger partial charge is 0.0766 e. The Bertz CT molecular complexity index is 197. The van der Waals surface area contributed by atoms with Gasteiger partial charge in [0.25, 0.3) is 0 Å². The van der Waals surface area contributed by atoms with E-state index in [1.807, 2.05) is 0 Å². The SMILES string of the molecule is C#CC(C)(C)N1CCC(OC)CC1. The third-order valence-electron chi connectivity index (χ3n) is 2.92. The maximum atomic E-state index is 5.48. The topological polar surface area (TPSA) is 12.5 Å². The van der Waals surface area contributed by atoms with E-state index in [0.29, 0.717) is 6.10 Å². The maximum absolute atomic E-state index is 5.48. The van der Waals surface area contributed by atoms with Crippen LogP contribution in [0.5, 0.6) is 0 Å². The Morgan fingerprint density at radius 2 is 1.92 bits per heavy atom. The van der Waals surface area contributed by atoms with Gasteiger partial charge in [-0.2, -0.15) is 0 Å². The van der Waals surface area contributed by atoms with Crippen LogP contribution in [0.15, 0.2) is 0 Å². The van der Waals surface area contributed by atoms with Crippen LogP contribution in [0.2, 0.25) is 0 Å². The van der Waals surface area contributed by atoms with Crippen molar-refractivity contribution in [2.24, 2.45) is 0 Å². The Hall–Kier alpha value is -0.520. The van der Waals surface area contributed by atoms with E-state index in [9.17, 15) is 0 Å². The van der Waals surface area contributed by atoms with Crippen molar-refractivity contribution in [3.05, 3.63) is 0 Å². The summed E-state index contributed by atoms with van der Waals surface area (Å²) in [5, 5.41) is 0. The molecule has 1 aliphatic heterocycles. The molecule has 0 amide bonds. The molecule has 0 aromatic carbocycles. The first-order chi connectivity index (χ1) is 6.10. The van der Waals surface area contributed by atoms with Crippen molar-refractivity contribution in [3.8, 4) is 12.3 Å². The van der Waals surface area contributed by atoms with Gasteiger partial charge >= 0.3 is 0 Å². The van der Waals surface area contributed by atoms with Crippen molar-refractivity contribution in [1.29, 1.82) is 0 Å². The summed E-state index contributed by atoms with van der Waals surface area (Å²) in [4.78, 5) is 2.35. The van der Waals surface area contributed by atoms with Crippen LogP contribution in [0.25, 0.3) is 0 Å². The lowest BCUT2D eigenvalue weighted by Crippen LogP contribution is -2.48. The molecule has 0 unspecified atom stereocenters. The van der Waals surface area contributed by atoms with Crippen molar-refractivity contribution in [2.75, 3.05) is 20.2 Å². The van der Waals surface area contributed by atoms with Gasteiger partial charge in [-0.3, -0.25) is 4.90 Å². The summed E-state index contributed by atoms with van der Waals surface area (Å²) in [7, 11) is 1.78. The Morgan fingerprint density at radius 3 is 2.31 bits per heavy atom. The van der Waals surface area contributed by atoms with Crippen molar-refractivity contribution in [3.63, 3.8) is 0 Å². The predicted molar refractivity (Wildman–Crippen MR) is 54.5 cm³/mol. The minimum Gasteiger partial charge on any atom is -0.381 e. The molecular weight excluding hydrogens is 162 g/mol. The summed E-state index contributed by atoms with van der Waals surface area (Å²) in [5.41, 5.74) is -0.0985. The molecule has 0 N–H and O–H groups in total. The van der Waals surface area contributed by atoms with Crippen LogP contribution in [-0.4, -0.2) is 36.7 Å². The maximum Gasteiger partial charge on any atom is 0.0766 e. The van der Waals surface area contributed by atoms with Crippen molar-refractivity contribution in [1.82, 2.24) is 4.90 Å². The number of rotatable bonds is 2. The third kappa shape index (κ3) is 2.46. The van der Waals surface area contributed by atoms with Gasteiger partial charge in [0, 0.05) is 20.2 Å². The molecule has 0 aromatic rings. The van der Waals surface area contributed by atoms with Crippen molar-refractivity contribution < 1.29 is 4.74 Å². The molecule has 74 valence electrons. The highest BCUT2D eigenvalue weighted by Gasteiger charge is 2.28. The second-order valence-corrected chi connectivity index (χ2v) is 4.13. The number of nitrogens with zero attached hydrogens (tertiary/aromatic N) is 1. The molecule has 1 rings (SSSR count). The van der Waals surface area contributed by atoms with E-state index in [1.54, 1.807) is 7.11 Å². The Balaban J connectivity index is 2.46. The van der Waals surface area contributed by atoms with E-state index in [2.05, 4.69) is 24.7 Å². The number of terminal acetylenes is 1. The molecule has 1 saturated heterocycles. The largest absolute Gasteiger partial charge is 0.381 e. The fourth-order valence-corrected chi connectivity index (χ4v) is 1.74. The highest BCUT2D eigenvalue weighted by molar-refractivity contribution is 5.09. The molecule has 1 heterocycles. The summed E-state index contributed by atoms with van der Waals surface area (Å²) in [5.74, 6) is 2.83. The molecule has 1 fully saturated rings. The quantitative estimate of drug-likeness (QED) is 0.599. The van der Waals surface area contributed by atoms with Crippen LogP contribution in [-0.2, 0) is 4.74 Å². The minimum atomic E-state index is -0.0985. The molecule has 1 aliphatic rings. The van der Waals surface area contributed by atoms with Crippen LogP contribution in [0.3, 0.4) is 0 Å². The molecule has 0 aliphatic carbocycles. The van der Waals surface area contributed by atoms with Gasteiger partial charge in [-0.1, -0.05) is 5.92 Å². The predicted octanol–water partition coefficient (Wildman–Crippen LogP) is 1.51. The molecule has 2 heteroatoms. The first kappa shape index (κ1) is 10.6. The van der Waals surface area contributed by atoms with Gasteiger partial charge in [0.1, 0.15) is 0 Å². The first-order valence-electron chi connectivity index (χ1n) is 4.86. The zero-order valence-electron chi connectivity index (χ0n) is 8.84. The van der Waals surface area contributed by atoms with Crippen LogP contribution in [0.1, 0.15) is 26.7 Å². The van der Waals surface area contributed by atoms with Crippen LogP contribution < -0.4 is 0 Å². The molecule has 0 saturated carbocycles. The summed E-state index contributed by atoms with van der Waals surface area (Å²) in [6, 6.07) is 0. The highest BCUT2D eigenvalue weighted by atomic mass is 16.5. The molecule has 0 radical (unpaired) electrons. The molecule has 0 atom stereocenters.